The highest BCUT2D eigenvalue weighted by atomic mass is 16.7. The van der Waals surface area contributed by atoms with Crippen LogP contribution in [0, 0.1) is 0 Å². The highest BCUT2D eigenvalue weighted by Crippen LogP contribution is 2.63. The normalized spacial score (nSPS) is 31.9. The van der Waals surface area contributed by atoms with Crippen molar-refractivity contribution in [3.05, 3.63) is 35.9 Å². The molecule has 1 aromatic rings. The van der Waals surface area contributed by atoms with Gasteiger partial charge in [-0.1, -0.05) is 30.3 Å². The summed E-state index contributed by atoms with van der Waals surface area (Å²) in [5.41, 5.74) is -0.448. The Hall–Kier alpha value is -1.33. The first-order chi connectivity index (χ1) is 10.2. The van der Waals surface area contributed by atoms with Crippen LogP contribution in [0.15, 0.2) is 30.3 Å². The lowest BCUT2D eigenvalue weighted by molar-refractivity contribution is -0.143. The Morgan fingerprint density at radius 2 is 1.68 bits per heavy atom. The monoisotopic (exact) mass is 302 g/mol. The number of methoxy groups -OCH3 is 1. The van der Waals surface area contributed by atoms with Crippen molar-refractivity contribution in [1.29, 1.82) is 0 Å². The number of carbonyl (C=O) groups is 1. The number of rotatable bonds is 3. The van der Waals surface area contributed by atoms with Crippen LogP contribution in [0.5, 0.6) is 0 Å². The minimum absolute atomic E-state index is 0.0107. The molecule has 0 N–H and O–H groups in total. The van der Waals surface area contributed by atoms with Crippen molar-refractivity contribution in [2.24, 2.45) is 0 Å². The molecule has 5 heteroatoms. The largest absolute Gasteiger partial charge is 0.468 e. The number of benzene rings is 1. The molecule has 0 radical (unpaired) electrons. The summed E-state index contributed by atoms with van der Waals surface area (Å²) in [5, 5.41) is 0. The van der Waals surface area contributed by atoms with E-state index in [0.717, 1.165) is 5.56 Å². The van der Waals surface area contributed by atoms with E-state index in [4.69, 9.17) is 14.0 Å². The van der Waals surface area contributed by atoms with E-state index in [1.807, 2.05) is 58.0 Å². The maximum atomic E-state index is 12.5. The summed E-state index contributed by atoms with van der Waals surface area (Å²) in [5.74, 6) is -0.221. The minimum Gasteiger partial charge on any atom is -0.468 e. The lowest BCUT2D eigenvalue weighted by Crippen LogP contribution is -2.41. The molecule has 1 heterocycles. The van der Waals surface area contributed by atoms with Gasteiger partial charge in [0.05, 0.1) is 23.7 Å². The van der Waals surface area contributed by atoms with Gasteiger partial charge in [0.2, 0.25) is 0 Å². The molecular formula is C17H23BO4. The molecule has 0 aromatic heterocycles. The van der Waals surface area contributed by atoms with Gasteiger partial charge in [-0.3, -0.25) is 4.79 Å². The van der Waals surface area contributed by atoms with Gasteiger partial charge in [0, 0.05) is 5.82 Å². The van der Waals surface area contributed by atoms with Crippen molar-refractivity contribution in [2.45, 2.75) is 56.6 Å². The van der Waals surface area contributed by atoms with E-state index in [9.17, 15) is 4.79 Å². The Balaban J connectivity index is 1.90. The highest BCUT2D eigenvalue weighted by Gasteiger charge is 2.71. The third-order valence-electron chi connectivity index (χ3n) is 5.45. The molecule has 1 aliphatic carbocycles. The number of esters is 1. The van der Waals surface area contributed by atoms with Crippen molar-refractivity contribution >= 4 is 13.1 Å². The van der Waals surface area contributed by atoms with Gasteiger partial charge >= 0.3 is 13.1 Å². The summed E-state index contributed by atoms with van der Waals surface area (Å²) in [4.78, 5) is 12.5. The van der Waals surface area contributed by atoms with Crippen LogP contribution in [0.1, 0.15) is 39.7 Å². The fraction of sp³-hybridized carbons (Fsp3) is 0.588. The first-order valence-corrected chi connectivity index (χ1v) is 7.74. The average molecular weight is 302 g/mol. The molecule has 1 aliphatic heterocycles. The Morgan fingerprint density at radius 1 is 1.14 bits per heavy atom. The summed E-state index contributed by atoms with van der Waals surface area (Å²) in [6.45, 7) is 8.10. The van der Waals surface area contributed by atoms with Crippen molar-refractivity contribution in [3.63, 3.8) is 0 Å². The number of hydrogen-bond acceptors (Lipinski definition) is 4. The quantitative estimate of drug-likeness (QED) is 0.636. The van der Waals surface area contributed by atoms with Crippen molar-refractivity contribution in [1.82, 2.24) is 0 Å². The summed E-state index contributed by atoms with van der Waals surface area (Å²) >= 11 is 0. The van der Waals surface area contributed by atoms with E-state index in [-0.39, 0.29) is 18.9 Å². The first kappa shape index (κ1) is 15.6. The zero-order chi connectivity index (χ0) is 16.2. The van der Waals surface area contributed by atoms with Gasteiger partial charge in [0.25, 0.3) is 0 Å². The van der Waals surface area contributed by atoms with Gasteiger partial charge in [0.15, 0.2) is 0 Å². The molecule has 22 heavy (non-hydrogen) atoms. The van der Waals surface area contributed by atoms with Gasteiger partial charge < -0.3 is 14.0 Å². The SMILES string of the molecule is COC(=O)[C@@]1(c2ccccc2)CC1B1OC(C)(C)C(C)(C)O1. The van der Waals surface area contributed by atoms with Crippen LogP contribution in [0.25, 0.3) is 0 Å². The molecule has 118 valence electrons. The Bertz CT molecular complexity index is 568. The molecular weight excluding hydrogens is 279 g/mol. The second kappa shape index (κ2) is 4.83. The van der Waals surface area contributed by atoms with Crippen LogP contribution in [0.4, 0.5) is 0 Å². The van der Waals surface area contributed by atoms with Gasteiger partial charge in [-0.25, -0.2) is 0 Å². The van der Waals surface area contributed by atoms with E-state index in [1.165, 1.54) is 7.11 Å². The lowest BCUT2D eigenvalue weighted by atomic mass is 9.74. The van der Waals surface area contributed by atoms with E-state index in [0.29, 0.717) is 6.42 Å². The second-order valence-electron chi connectivity index (χ2n) is 7.26. The van der Waals surface area contributed by atoms with Gasteiger partial charge in [-0.2, -0.15) is 0 Å². The molecule has 0 bridgehead atoms. The number of carbonyl (C=O) groups excluding carboxylic acids is 1. The summed E-state index contributed by atoms with van der Waals surface area (Å²) in [7, 11) is 1.05. The minimum atomic E-state index is -0.642. The molecule has 3 rings (SSSR count). The fourth-order valence-electron chi connectivity index (χ4n) is 3.27. The third-order valence-corrected chi connectivity index (χ3v) is 5.45. The molecule has 0 amide bonds. The summed E-state index contributed by atoms with van der Waals surface area (Å²) in [6, 6.07) is 9.78. The number of hydrogen-bond donors (Lipinski definition) is 0. The van der Waals surface area contributed by atoms with Crippen LogP contribution >= 0.6 is 0 Å². The van der Waals surface area contributed by atoms with E-state index in [2.05, 4.69) is 0 Å². The maximum absolute atomic E-state index is 12.5. The molecule has 1 saturated heterocycles. The average Bonchev–Trinajstić information content (AvgIpc) is 3.18. The Kier molecular flexibility index (Phi) is 3.42. The van der Waals surface area contributed by atoms with Crippen LogP contribution in [0.3, 0.4) is 0 Å². The van der Waals surface area contributed by atoms with Crippen LogP contribution in [-0.4, -0.2) is 31.4 Å². The van der Waals surface area contributed by atoms with Crippen molar-refractivity contribution < 1.29 is 18.8 Å². The zero-order valence-corrected chi connectivity index (χ0v) is 13.9. The molecule has 1 unspecified atom stereocenters. The van der Waals surface area contributed by atoms with Gasteiger partial charge in [-0.05, 0) is 39.7 Å². The van der Waals surface area contributed by atoms with Gasteiger partial charge in [0.1, 0.15) is 0 Å². The van der Waals surface area contributed by atoms with Crippen LogP contribution in [0.2, 0.25) is 5.82 Å². The molecule has 0 spiro atoms. The van der Waals surface area contributed by atoms with Crippen LogP contribution in [-0.2, 0) is 24.3 Å². The zero-order valence-electron chi connectivity index (χ0n) is 13.9. The molecule has 2 aliphatic rings. The van der Waals surface area contributed by atoms with Gasteiger partial charge in [-0.15, -0.1) is 0 Å². The second-order valence-corrected chi connectivity index (χ2v) is 7.26. The molecule has 2 atom stereocenters. The van der Waals surface area contributed by atoms with E-state index >= 15 is 0 Å². The first-order valence-electron chi connectivity index (χ1n) is 7.74. The van der Waals surface area contributed by atoms with Crippen molar-refractivity contribution in [2.75, 3.05) is 7.11 Å². The molecule has 2 fully saturated rings. The number of ether oxygens (including phenoxy) is 1. The van der Waals surface area contributed by atoms with Crippen LogP contribution < -0.4 is 0 Å². The highest BCUT2D eigenvalue weighted by molar-refractivity contribution is 6.50. The van der Waals surface area contributed by atoms with E-state index < -0.39 is 16.6 Å². The molecule has 1 aromatic carbocycles. The fourth-order valence-corrected chi connectivity index (χ4v) is 3.27. The smallest absolute Gasteiger partial charge is 0.462 e. The van der Waals surface area contributed by atoms with E-state index in [1.54, 1.807) is 0 Å². The van der Waals surface area contributed by atoms with Crippen molar-refractivity contribution in [3.8, 4) is 0 Å². The third kappa shape index (κ3) is 2.10. The predicted molar refractivity (Wildman–Crippen MR) is 84.6 cm³/mol. The predicted octanol–water partition coefficient (Wildman–Crippen LogP) is 2.96. The molecule has 1 saturated carbocycles. The lowest BCUT2D eigenvalue weighted by Gasteiger charge is -2.32. The maximum Gasteiger partial charge on any atom is 0.462 e. The summed E-state index contributed by atoms with van der Waals surface area (Å²) in [6.07, 6.45) is 0.695. The summed E-state index contributed by atoms with van der Waals surface area (Å²) < 4.78 is 17.3. The Labute approximate surface area is 132 Å². The topological polar surface area (TPSA) is 44.8 Å². The standard InChI is InChI=1S/C17H23BO4/c1-15(2)16(3,4)22-18(21-15)13-11-17(13,14(19)20-5)12-9-7-6-8-10-12/h6-10,13H,11H2,1-5H3/t13?,17-/m1/s1. The Morgan fingerprint density at radius 3 is 2.18 bits per heavy atom. The molecule has 4 nitrogen and oxygen atoms in total.